The number of aliphatic carboxylic acids is 2. The average Bonchev–Trinajstić information content (AvgIpc) is 3.14. The Hall–Kier alpha value is -5.46. The molecule has 4 aromatic rings. The summed E-state index contributed by atoms with van der Waals surface area (Å²) in [6.45, 7) is 3.24. The van der Waals surface area contributed by atoms with E-state index in [0.717, 1.165) is 33.4 Å². The molecule has 0 saturated heterocycles. The number of ether oxygens (including phenoxy) is 6. The molecule has 0 fully saturated rings. The van der Waals surface area contributed by atoms with Gasteiger partial charge in [-0.05, 0) is 71.6 Å². The molecule has 55 heavy (non-hydrogen) atoms. The second kappa shape index (κ2) is 15.0. The molecule has 12 heteroatoms. The Bertz CT molecular complexity index is 2120. The van der Waals surface area contributed by atoms with E-state index in [9.17, 15) is 19.8 Å². The number of rotatable bonds is 9. The van der Waals surface area contributed by atoms with Crippen LogP contribution < -0.4 is 28.4 Å². The van der Waals surface area contributed by atoms with Crippen molar-refractivity contribution in [2.24, 2.45) is 0 Å². The van der Waals surface area contributed by atoms with Crippen LogP contribution >= 0.6 is 0 Å². The van der Waals surface area contributed by atoms with Crippen LogP contribution in [0.15, 0.2) is 60.7 Å². The first-order valence-corrected chi connectivity index (χ1v) is 18.7. The molecule has 0 saturated carbocycles. The van der Waals surface area contributed by atoms with Gasteiger partial charge in [0.15, 0.2) is 47.6 Å². The molecule has 2 N–H and O–H groups in total. The molecule has 0 aromatic heterocycles. The summed E-state index contributed by atoms with van der Waals surface area (Å²) >= 11 is 0. The molecule has 0 spiro atoms. The first-order chi connectivity index (χ1) is 26.4. The molecule has 0 aliphatic carbocycles. The Morgan fingerprint density at radius 3 is 1.93 bits per heavy atom. The highest BCUT2D eigenvalue weighted by molar-refractivity contribution is 5.69. The van der Waals surface area contributed by atoms with Crippen molar-refractivity contribution in [2.45, 2.75) is 44.7 Å². The van der Waals surface area contributed by atoms with Gasteiger partial charge in [0.25, 0.3) is 0 Å². The number of likely N-dealkylation sites (N-methyl/N-ethyl adjacent to an activating group) is 2. The summed E-state index contributed by atoms with van der Waals surface area (Å²) in [6, 6.07) is 19.0. The third-order valence-corrected chi connectivity index (χ3v) is 11.7. The summed E-state index contributed by atoms with van der Waals surface area (Å²) in [7, 11) is 8.79. The summed E-state index contributed by atoms with van der Waals surface area (Å²) < 4.78 is 38.1. The lowest BCUT2D eigenvalue weighted by molar-refractivity contribution is -0.934. The molecular formula is C43H50N2O10+2. The molecule has 12 nitrogen and oxygen atoms in total. The van der Waals surface area contributed by atoms with Crippen molar-refractivity contribution in [3.63, 3.8) is 0 Å². The van der Waals surface area contributed by atoms with Gasteiger partial charge in [0.1, 0.15) is 17.8 Å². The summed E-state index contributed by atoms with van der Waals surface area (Å²) in [4.78, 5) is 24.9. The van der Waals surface area contributed by atoms with Crippen LogP contribution in [-0.2, 0) is 35.3 Å². The zero-order valence-corrected chi connectivity index (χ0v) is 32.3. The molecule has 4 aromatic carbocycles. The van der Waals surface area contributed by atoms with Gasteiger partial charge in [-0.2, -0.15) is 0 Å². The van der Waals surface area contributed by atoms with Crippen molar-refractivity contribution in [3.05, 3.63) is 94.0 Å². The smallest absolute Gasteiger partial charge is 0.359 e. The van der Waals surface area contributed by atoms with E-state index in [1.165, 1.54) is 0 Å². The lowest BCUT2D eigenvalue weighted by atomic mass is 9.85. The standard InChI is InChI=1S/C43H48N2O10/c1-7-53-42-38(52-6)22-29-15-17-45(3,25-40(48)49)33-19-27-10-13-34(50-4)36(20-27)54-30-11-8-26(9-12-30)18-32-31-23-37(55-43(42)41(29)33)35(51-5)21-28(31)14-16-44(32,2)24-39(46)47/h8-13,20-23,32-33H,7,14-19,24-25H2,1-6H3/p+2. The van der Waals surface area contributed by atoms with Crippen LogP contribution in [0.3, 0.4) is 0 Å². The fourth-order valence-corrected chi connectivity index (χ4v) is 8.84. The van der Waals surface area contributed by atoms with Gasteiger partial charge in [0.2, 0.25) is 5.75 Å². The van der Waals surface area contributed by atoms with E-state index in [1.807, 2.05) is 81.7 Å². The summed E-state index contributed by atoms with van der Waals surface area (Å²) in [5.74, 6) is 2.26. The molecule has 290 valence electrons. The number of fused-ring (bicyclic) bond motifs is 2. The van der Waals surface area contributed by atoms with Gasteiger partial charge in [-0.1, -0.05) is 18.2 Å². The molecule has 0 radical (unpaired) electrons. The lowest BCUT2D eigenvalue weighted by Gasteiger charge is -2.45. The number of carboxylic acids is 2. The van der Waals surface area contributed by atoms with E-state index in [0.29, 0.717) is 95.9 Å². The van der Waals surface area contributed by atoms with Gasteiger partial charge in [0.05, 0.1) is 60.7 Å². The monoisotopic (exact) mass is 754 g/mol. The highest BCUT2D eigenvalue weighted by Gasteiger charge is 2.46. The van der Waals surface area contributed by atoms with Crippen molar-refractivity contribution in [1.82, 2.24) is 0 Å². The average molecular weight is 755 g/mol. The van der Waals surface area contributed by atoms with E-state index < -0.39 is 18.0 Å². The number of quaternary nitrogens is 2. The summed E-state index contributed by atoms with van der Waals surface area (Å²) in [6.07, 6.45) is 2.24. The Kier molecular flexibility index (Phi) is 10.3. The number of hydrogen-bond donors (Lipinski definition) is 2. The van der Waals surface area contributed by atoms with Gasteiger partial charge >= 0.3 is 11.9 Å². The van der Waals surface area contributed by atoms with Gasteiger partial charge in [-0.25, -0.2) is 9.59 Å². The fraction of sp³-hybridized carbons (Fsp3) is 0.395. The fourth-order valence-electron chi connectivity index (χ4n) is 8.84. The number of carbonyl (C=O) groups is 2. The Morgan fingerprint density at radius 1 is 0.709 bits per heavy atom. The van der Waals surface area contributed by atoms with Gasteiger partial charge in [0, 0.05) is 31.2 Å². The lowest BCUT2D eigenvalue weighted by Crippen LogP contribution is -2.54. The molecule has 4 heterocycles. The van der Waals surface area contributed by atoms with E-state index >= 15 is 0 Å². The molecule has 4 aliphatic heterocycles. The quantitative estimate of drug-likeness (QED) is 0.177. The maximum atomic E-state index is 12.6. The van der Waals surface area contributed by atoms with Gasteiger partial charge in [-0.15, -0.1) is 0 Å². The maximum absolute atomic E-state index is 12.6. The minimum Gasteiger partial charge on any atom is -0.493 e. The van der Waals surface area contributed by atoms with Crippen LogP contribution in [0.5, 0.6) is 46.0 Å². The normalized spacial score (nSPS) is 22.5. The highest BCUT2D eigenvalue weighted by Crippen LogP contribution is 2.54. The first kappa shape index (κ1) is 37.8. The second-order valence-corrected chi connectivity index (χ2v) is 15.2. The van der Waals surface area contributed by atoms with E-state index in [1.54, 1.807) is 21.3 Å². The summed E-state index contributed by atoms with van der Waals surface area (Å²) in [5, 5.41) is 20.4. The van der Waals surface area contributed by atoms with Crippen molar-refractivity contribution in [1.29, 1.82) is 0 Å². The number of methoxy groups -OCH3 is 3. The zero-order valence-electron chi connectivity index (χ0n) is 32.3. The van der Waals surface area contributed by atoms with E-state index in [-0.39, 0.29) is 23.6 Å². The molecule has 6 bridgehead atoms. The molecule has 4 unspecified atom stereocenters. The third kappa shape index (κ3) is 7.24. The highest BCUT2D eigenvalue weighted by atomic mass is 16.6. The minimum atomic E-state index is -0.904. The van der Waals surface area contributed by atoms with Crippen LogP contribution in [0, 0.1) is 0 Å². The minimum absolute atomic E-state index is 0.0523. The van der Waals surface area contributed by atoms with Crippen molar-refractivity contribution in [3.8, 4) is 46.0 Å². The zero-order chi connectivity index (χ0) is 39.1. The maximum Gasteiger partial charge on any atom is 0.359 e. The van der Waals surface area contributed by atoms with Crippen molar-refractivity contribution in [2.75, 3.05) is 68.2 Å². The van der Waals surface area contributed by atoms with Crippen LogP contribution in [0.2, 0.25) is 0 Å². The van der Waals surface area contributed by atoms with Crippen molar-refractivity contribution < 1.29 is 57.2 Å². The predicted octanol–water partition coefficient (Wildman–Crippen LogP) is 6.75. The number of hydrogen-bond acceptors (Lipinski definition) is 8. The molecule has 8 rings (SSSR count). The van der Waals surface area contributed by atoms with Crippen molar-refractivity contribution >= 4 is 11.9 Å². The Balaban J connectivity index is 1.53. The Morgan fingerprint density at radius 2 is 1.29 bits per heavy atom. The topological polar surface area (TPSA) is 130 Å². The third-order valence-electron chi connectivity index (χ3n) is 11.7. The number of benzene rings is 4. The van der Waals surface area contributed by atoms with E-state index in [4.69, 9.17) is 28.4 Å². The molecular weight excluding hydrogens is 704 g/mol. The Labute approximate surface area is 321 Å². The molecule has 4 atom stereocenters. The van der Waals surface area contributed by atoms with Gasteiger partial charge in [-0.3, -0.25) is 0 Å². The van der Waals surface area contributed by atoms with Crippen LogP contribution in [0.4, 0.5) is 0 Å². The van der Waals surface area contributed by atoms with Crippen LogP contribution in [0.1, 0.15) is 52.4 Å². The summed E-state index contributed by atoms with van der Waals surface area (Å²) in [5.41, 5.74) is 5.79. The molecule has 4 aliphatic rings. The van der Waals surface area contributed by atoms with Crippen LogP contribution in [-0.4, -0.2) is 99.3 Å². The van der Waals surface area contributed by atoms with Gasteiger partial charge < -0.3 is 47.6 Å². The number of carboxylic acid groups (broad SMARTS) is 2. The molecule has 0 amide bonds. The largest absolute Gasteiger partial charge is 0.493 e. The number of nitrogens with zero attached hydrogens (tertiary/aromatic N) is 2. The van der Waals surface area contributed by atoms with E-state index in [2.05, 4.69) is 0 Å². The van der Waals surface area contributed by atoms with Crippen LogP contribution in [0.25, 0.3) is 0 Å². The predicted molar refractivity (Wildman–Crippen MR) is 204 cm³/mol. The first-order valence-electron chi connectivity index (χ1n) is 18.7. The SMILES string of the molecule is CCOc1c(OC)cc2c3c1Oc1cc4c(cc1OC)CC[N+](C)(CC(=O)O)C4Cc1ccc(cc1)Oc1cc(ccc1OC)CC3[N+](C)(CC(=O)O)CC2. The second-order valence-electron chi connectivity index (χ2n) is 15.2.